The third-order valence-corrected chi connectivity index (χ3v) is 3.17. The summed E-state index contributed by atoms with van der Waals surface area (Å²) in [6, 6.07) is 16.2. The van der Waals surface area contributed by atoms with Crippen LogP contribution in [0.2, 0.25) is 0 Å². The monoisotopic (exact) mass is 271 g/mol. The van der Waals surface area contributed by atoms with Crippen LogP contribution in [0.4, 0.5) is 0 Å². The lowest BCUT2D eigenvalue weighted by molar-refractivity contribution is 0.289. The molecule has 0 aliphatic carbocycles. The van der Waals surface area contributed by atoms with Gasteiger partial charge in [-0.2, -0.15) is 0 Å². The summed E-state index contributed by atoms with van der Waals surface area (Å²) in [5.74, 6) is 1.52. The molecular weight excluding hydrogens is 250 g/mol. The summed E-state index contributed by atoms with van der Waals surface area (Å²) in [6.45, 7) is 1.17. The van der Waals surface area contributed by atoms with Crippen molar-refractivity contribution >= 4 is 0 Å². The molecule has 2 aromatic carbocycles. The average molecular weight is 271 g/mol. The number of rotatable bonds is 7. The molecular formula is C17H21NO2. The highest BCUT2D eigenvalue weighted by molar-refractivity contribution is 5.42. The molecule has 106 valence electrons. The van der Waals surface area contributed by atoms with Gasteiger partial charge in [-0.25, -0.2) is 0 Å². The molecule has 0 fully saturated rings. The highest BCUT2D eigenvalue weighted by Crippen LogP contribution is 2.28. The minimum Gasteiger partial charge on any atom is -0.493 e. The standard InChI is InChI=1S/C17H21NO2/c1-19-16-10-9-15(13-18)12-17(16)20-11-5-8-14-6-3-2-4-7-14/h2-4,6-7,9-10,12H,5,8,11,13,18H2,1H3. The van der Waals surface area contributed by atoms with Crippen LogP contribution in [0, 0.1) is 0 Å². The molecule has 0 aliphatic rings. The van der Waals surface area contributed by atoms with Gasteiger partial charge in [-0.1, -0.05) is 36.4 Å². The largest absolute Gasteiger partial charge is 0.493 e. The predicted molar refractivity (Wildman–Crippen MR) is 81.1 cm³/mol. The first-order valence-corrected chi connectivity index (χ1v) is 6.87. The SMILES string of the molecule is COc1ccc(CN)cc1OCCCc1ccccc1. The molecule has 2 aromatic rings. The first-order valence-electron chi connectivity index (χ1n) is 6.87. The van der Waals surface area contributed by atoms with Gasteiger partial charge in [0.15, 0.2) is 11.5 Å². The van der Waals surface area contributed by atoms with Gasteiger partial charge in [-0.3, -0.25) is 0 Å². The van der Waals surface area contributed by atoms with Crippen LogP contribution < -0.4 is 15.2 Å². The van der Waals surface area contributed by atoms with Gasteiger partial charge in [0.1, 0.15) is 0 Å². The number of benzene rings is 2. The van der Waals surface area contributed by atoms with Crippen LogP contribution in [0.3, 0.4) is 0 Å². The molecule has 0 atom stereocenters. The summed E-state index contributed by atoms with van der Waals surface area (Å²) in [4.78, 5) is 0. The molecule has 0 aromatic heterocycles. The van der Waals surface area contributed by atoms with Crippen molar-refractivity contribution in [3.63, 3.8) is 0 Å². The molecule has 0 saturated heterocycles. The molecule has 3 heteroatoms. The highest BCUT2D eigenvalue weighted by Gasteiger charge is 2.05. The summed E-state index contributed by atoms with van der Waals surface area (Å²) < 4.78 is 11.1. The van der Waals surface area contributed by atoms with E-state index in [1.807, 2.05) is 24.3 Å². The van der Waals surface area contributed by atoms with E-state index >= 15 is 0 Å². The molecule has 3 nitrogen and oxygen atoms in total. The lowest BCUT2D eigenvalue weighted by Gasteiger charge is -2.12. The van der Waals surface area contributed by atoms with E-state index in [1.54, 1.807) is 7.11 Å². The maximum Gasteiger partial charge on any atom is 0.161 e. The number of hydrogen-bond donors (Lipinski definition) is 1. The van der Waals surface area contributed by atoms with Crippen molar-refractivity contribution in [1.29, 1.82) is 0 Å². The Morgan fingerprint density at radius 2 is 1.75 bits per heavy atom. The van der Waals surface area contributed by atoms with Crippen molar-refractivity contribution in [1.82, 2.24) is 0 Å². The summed E-state index contributed by atoms with van der Waals surface area (Å²) in [6.07, 6.45) is 1.99. The normalized spacial score (nSPS) is 10.3. The summed E-state index contributed by atoms with van der Waals surface area (Å²) in [7, 11) is 1.65. The van der Waals surface area contributed by atoms with E-state index in [4.69, 9.17) is 15.2 Å². The fourth-order valence-electron chi connectivity index (χ4n) is 2.06. The van der Waals surface area contributed by atoms with Gasteiger partial charge in [0.2, 0.25) is 0 Å². The Labute approximate surface area is 120 Å². The van der Waals surface area contributed by atoms with Gasteiger partial charge in [0.25, 0.3) is 0 Å². The van der Waals surface area contributed by atoms with E-state index in [1.165, 1.54) is 5.56 Å². The summed E-state index contributed by atoms with van der Waals surface area (Å²) in [5.41, 5.74) is 8.02. The van der Waals surface area contributed by atoms with E-state index < -0.39 is 0 Å². The fraction of sp³-hybridized carbons (Fsp3) is 0.294. The smallest absolute Gasteiger partial charge is 0.161 e. The summed E-state index contributed by atoms with van der Waals surface area (Å²) in [5, 5.41) is 0. The highest BCUT2D eigenvalue weighted by atomic mass is 16.5. The topological polar surface area (TPSA) is 44.5 Å². The minimum atomic E-state index is 0.504. The zero-order valence-corrected chi connectivity index (χ0v) is 11.8. The predicted octanol–water partition coefficient (Wildman–Crippen LogP) is 3.17. The maximum atomic E-state index is 5.81. The van der Waals surface area contributed by atoms with Crippen LogP contribution >= 0.6 is 0 Å². The second-order valence-corrected chi connectivity index (χ2v) is 4.63. The number of ether oxygens (including phenoxy) is 2. The average Bonchev–Trinajstić information content (AvgIpc) is 2.52. The zero-order valence-electron chi connectivity index (χ0n) is 11.8. The Balaban J connectivity index is 1.87. The van der Waals surface area contributed by atoms with Gasteiger partial charge in [0.05, 0.1) is 13.7 Å². The Kier molecular flexibility index (Phi) is 5.44. The van der Waals surface area contributed by atoms with E-state index in [-0.39, 0.29) is 0 Å². The first kappa shape index (κ1) is 14.4. The molecule has 2 N–H and O–H groups in total. The van der Waals surface area contributed by atoms with Gasteiger partial charge < -0.3 is 15.2 Å². The van der Waals surface area contributed by atoms with Crippen LogP contribution in [0.25, 0.3) is 0 Å². The van der Waals surface area contributed by atoms with Crippen LogP contribution in [-0.4, -0.2) is 13.7 Å². The lowest BCUT2D eigenvalue weighted by atomic mass is 10.1. The molecule has 0 bridgehead atoms. The third kappa shape index (κ3) is 4.00. The van der Waals surface area contributed by atoms with E-state index in [0.717, 1.165) is 29.9 Å². The quantitative estimate of drug-likeness (QED) is 0.787. The van der Waals surface area contributed by atoms with Crippen molar-refractivity contribution in [3.8, 4) is 11.5 Å². The first-order chi connectivity index (χ1) is 9.83. The molecule has 20 heavy (non-hydrogen) atoms. The molecule has 0 radical (unpaired) electrons. The van der Waals surface area contributed by atoms with E-state index in [2.05, 4.69) is 24.3 Å². The Bertz CT molecular complexity index is 526. The molecule has 0 amide bonds. The Morgan fingerprint density at radius 1 is 0.950 bits per heavy atom. The van der Waals surface area contributed by atoms with E-state index in [0.29, 0.717) is 13.2 Å². The van der Waals surface area contributed by atoms with Crippen LogP contribution in [0.5, 0.6) is 11.5 Å². The minimum absolute atomic E-state index is 0.504. The van der Waals surface area contributed by atoms with Crippen molar-refractivity contribution in [2.45, 2.75) is 19.4 Å². The molecule has 0 spiro atoms. The Morgan fingerprint density at radius 3 is 2.45 bits per heavy atom. The van der Waals surface area contributed by atoms with Crippen molar-refractivity contribution in [2.75, 3.05) is 13.7 Å². The third-order valence-electron chi connectivity index (χ3n) is 3.17. The van der Waals surface area contributed by atoms with Crippen LogP contribution in [0.15, 0.2) is 48.5 Å². The number of methoxy groups -OCH3 is 1. The number of aryl methyl sites for hydroxylation is 1. The number of nitrogens with two attached hydrogens (primary N) is 1. The van der Waals surface area contributed by atoms with Crippen molar-refractivity contribution in [2.24, 2.45) is 5.73 Å². The van der Waals surface area contributed by atoms with Crippen LogP contribution in [0.1, 0.15) is 17.5 Å². The maximum absolute atomic E-state index is 5.81. The number of hydrogen-bond acceptors (Lipinski definition) is 3. The van der Waals surface area contributed by atoms with Crippen molar-refractivity contribution in [3.05, 3.63) is 59.7 Å². The summed E-state index contributed by atoms with van der Waals surface area (Å²) >= 11 is 0. The van der Waals surface area contributed by atoms with Crippen molar-refractivity contribution < 1.29 is 9.47 Å². The molecule has 0 aliphatic heterocycles. The lowest BCUT2D eigenvalue weighted by Crippen LogP contribution is -2.03. The zero-order chi connectivity index (χ0) is 14.2. The van der Waals surface area contributed by atoms with E-state index in [9.17, 15) is 0 Å². The molecule has 0 unspecified atom stereocenters. The Hall–Kier alpha value is -2.00. The van der Waals surface area contributed by atoms with Gasteiger partial charge in [-0.15, -0.1) is 0 Å². The van der Waals surface area contributed by atoms with Crippen LogP contribution in [-0.2, 0) is 13.0 Å². The molecule has 0 saturated carbocycles. The second-order valence-electron chi connectivity index (χ2n) is 4.63. The van der Waals surface area contributed by atoms with Gasteiger partial charge in [0, 0.05) is 6.54 Å². The fourth-order valence-corrected chi connectivity index (χ4v) is 2.06. The molecule has 2 rings (SSSR count). The second kappa shape index (κ2) is 7.56. The van der Waals surface area contributed by atoms with Gasteiger partial charge in [-0.05, 0) is 36.1 Å². The molecule has 0 heterocycles. The van der Waals surface area contributed by atoms with Gasteiger partial charge >= 0.3 is 0 Å².